The van der Waals surface area contributed by atoms with E-state index in [1.54, 1.807) is 17.6 Å². The molecule has 0 bridgehead atoms. The van der Waals surface area contributed by atoms with E-state index in [0.717, 1.165) is 0 Å². The molecule has 0 saturated carbocycles. The van der Waals surface area contributed by atoms with E-state index in [0.29, 0.717) is 22.1 Å². The van der Waals surface area contributed by atoms with Crippen LogP contribution in [0.2, 0.25) is 0 Å². The Bertz CT molecular complexity index is 788. The minimum Gasteiger partial charge on any atom is -0.364 e. The number of nitrogens with one attached hydrogen (secondary N) is 3. The van der Waals surface area contributed by atoms with E-state index in [1.807, 2.05) is 20.8 Å². The fraction of sp³-hybridized carbons (Fsp3) is 0.375. The molecule has 9 heteroatoms. The van der Waals surface area contributed by atoms with E-state index >= 15 is 0 Å². The molecule has 8 nitrogen and oxygen atoms in total. The maximum atomic E-state index is 11.9. The van der Waals surface area contributed by atoms with Crippen LogP contribution >= 0.6 is 11.3 Å². The first-order chi connectivity index (χ1) is 11.7. The molecule has 3 amide bonds. The van der Waals surface area contributed by atoms with E-state index in [9.17, 15) is 14.4 Å². The van der Waals surface area contributed by atoms with Gasteiger partial charge in [0.2, 0.25) is 11.8 Å². The van der Waals surface area contributed by atoms with Crippen LogP contribution in [-0.2, 0) is 9.59 Å². The van der Waals surface area contributed by atoms with Crippen molar-refractivity contribution in [1.29, 1.82) is 0 Å². The lowest BCUT2D eigenvalue weighted by molar-refractivity contribution is -0.128. The molecule has 134 valence electrons. The predicted molar refractivity (Wildman–Crippen MR) is 96.1 cm³/mol. The zero-order valence-electron chi connectivity index (χ0n) is 14.3. The fourth-order valence-electron chi connectivity index (χ4n) is 1.88. The average molecular weight is 363 g/mol. The average Bonchev–Trinajstić information content (AvgIpc) is 3.14. The number of thiazole rings is 1. The van der Waals surface area contributed by atoms with Crippen LogP contribution in [0.1, 0.15) is 37.7 Å². The molecule has 0 fully saturated rings. The highest BCUT2D eigenvalue weighted by molar-refractivity contribution is 7.14. The SMILES string of the molecule is CC(C)(C)C(=O)NCCC(=O)Nc1nc(-c2c[nH]c(C(N)=O)c2)cs1. The Balaban J connectivity index is 1.87. The van der Waals surface area contributed by atoms with Gasteiger partial charge in [-0.3, -0.25) is 14.4 Å². The van der Waals surface area contributed by atoms with Crippen LogP contribution in [0.3, 0.4) is 0 Å². The van der Waals surface area contributed by atoms with Crippen molar-refractivity contribution < 1.29 is 14.4 Å². The van der Waals surface area contributed by atoms with Crippen LogP contribution in [-0.4, -0.2) is 34.2 Å². The van der Waals surface area contributed by atoms with Gasteiger partial charge in [-0.1, -0.05) is 20.8 Å². The number of aromatic nitrogens is 2. The Morgan fingerprint density at radius 3 is 2.64 bits per heavy atom. The smallest absolute Gasteiger partial charge is 0.265 e. The first-order valence-electron chi connectivity index (χ1n) is 7.69. The molecule has 0 aliphatic heterocycles. The van der Waals surface area contributed by atoms with Crippen LogP contribution in [0.4, 0.5) is 5.13 Å². The summed E-state index contributed by atoms with van der Waals surface area (Å²) in [5, 5.41) is 7.63. The first kappa shape index (κ1) is 18.7. The number of anilines is 1. The van der Waals surface area contributed by atoms with Gasteiger partial charge in [0.15, 0.2) is 5.13 Å². The van der Waals surface area contributed by atoms with E-state index in [-0.39, 0.29) is 24.8 Å². The van der Waals surface area contributed by atoms with Crippen molar-refractivity contribution in [3.63, 3.8) is 0 Å². The third-order valence-corrected chi connectivity index (χ3v) is 4.07. The molecule has 2 aromatic rings. The predicted octanol–water partition coefficient (Wildman–Crippen LogP) is 1.73. The number of aromatic amines is 1. The highest BCUT2D eigenvalue weighted by Gasteiger charge is 2.20. The van der Waals surface area contributed by atoms with Crippen LogP contribution in [0.5, 0.6) is 0 Å². The topological polar surface area (TPSA) is 130 Å². The molecule has 0 unspecified atom stereocenters. The van der Waals surface area contributed by atoms with E-state index in [1.165, 1.54) is 11.3 Å². The molecular weight excluding hydrogens is 342 g/mol. The summed E-state index contributed by atoms with van der Waals surface area (Å²) in [7, 11) is 0. The quantitative estimate of drug-likeness (QED) is 0.622. The second-order valence-electron chi connectivity index (χ2n) is 6.51. The Morgan fingerprint density at radius 2 is 2.04 bits per heavy atom. The monoisotopic (exact) mass is 363 g/mol. The number of hydrogen-bond acceptors (Lipinski definition) is 5. The van der Waals surface area contributed by atoms with Crippen molar-refractivity contribution in [1.82, 2.24) is 15.3 Å². The first-order valence-corrected chi connectivity index (χ1v) is 8.57. The second kappa shape index (κ2) is 7.47. The van der Waals surface area contributed by atoms with Gasteiger partial charge in [0.25, 0.3) is 5.91 Å². The van der Waals surface area contributed by atoms with Gasteiger partial charge in [-0.25, -0.2) is 4.98 Å². The van der Waals surface area contributed by atoms with Gasteiger partial charge in [-0.15, -0.1) is 11.3 Å². The van der Waals surface area contributed by atoms with Gasteiger partial charge >= 0.3 is 0 Å². The van der Waals surface area contributed by atoms with Crippen molar-refractivity contribution in [3.05, 3.63) is 23.3 Å². The Labute approximate surface area is 149 Å². The van der Waals surface area contributed by atoms with Gasteiger partial charge < -0.3 is 21.4 Å². The molecule has 0 aromatic carbocycles. The van der Waals surface area contributed by atoms with Crippen molar-refractivity contribution in [2.75, 3.05) is 11.9 Å². The summed E-state index contributed by atoms with van der Waals surface area (Å²) in [5.74, 6) is -0.885. The normalized spacial score (nSPS) is 11.2. The highest BCUT2D eigenvalue weighted by atomic mass is 32.1. The molecule has 0 spiro atoms. The van der Waals surface area contributed by atoms with E-state index < -0.39 is 11.3 Å². The van der Waals surface area contributed by atoms with Gasteiger partial charge in [-0.2, -0.15) is 0 Å². The highest BCUT2D eigenvalue weighted by Crippen LogP contribution is 2.25. The Morgan fingerprint density at radius 1 is 1.32 bits per heavy atom. The molecule has 0 aliphatic carbocycles. The summed E-state index contributed by atoms with van der Waals surface area (Å²) < 4.78 is 0. The number of nitrogens with two attached hydrogens (primary N) is 1. The van der Waals surface area contributed by atoms with Gasteiger partial charge in [0, 0.05) is 35.5 Å². The maximum Gasteiger partial charge on any atom is 0.265 e. The van der Waals surface area contributed by atoms with Crippen LogP contribution in [0.15, 0.2) is 17.6 Å². The van der Waals surface area contributed by atoms with Gasteiger partial charge in [0.05, 0.1) is 5.69 Å². The van der Waals surface area contributed by atoms with Crippen molar-refractivity contribution in [3.8, 4) is 11.3 Å². The number of amides is 3. The summed E-state index contributed by atoms with van der Waals surface area (Å²) in [4.78, 5) is 41.8. The molecule has 0 atom stereocenters. The molecule has 2 rings (SSSR count). The number of nitrogens with zero attached hydrogens (tertiary/aromatic N) is 1. The number of carbonyl (C=O) groups excluding carboxylic acids is 3. The molecule has 2 aromatic heterocycles. The summed E-state index contributed by atoms with van der Waals surface area (Å²) in [6.45, 7) is 5.69. The van der Waals surface area contributed by atoms with Crippen molar-refractivity contribution in [2.45, 2.75) is 27.2 Å². The third kappa shape index (κ3) is 5.15. The molecular formula is C16H21N5O3S. The Hall–Kier alpha value is -2.68. The van der Waals surface area contributed by atoms with Gasteiger partial charge in [0.1, 0.15) is 5.69 Å². The zero-order chi connectivity index (χ0) is 18.6. The fourth-order valence-corrected chi connectivity index (χ4v) is 2.62. The molecule has 5 N–H and O–H groups in total. The molecule has 0 saturated heterocycles. The standard InChI is InChI=1S/C16H21N5O3S/c1-16(2,3)14(24)18-5-4-12(22)21-15-20-11(8-25-15)9-6-10(13(17)23)19-7-9/h6-8,19H,4-5H2,1-3H3,(H2,17,23)(H,18,24)(H,20,21,22). The maximum absolute atomic E-state index is 11.9. The lowest BCUT2D eigenvalue weighted by Crippen LogP contribution is -2.36. The number of hydrogen-bond donors (Lipinski definition) is 4. The number of carbonyl (C=O) groups is 3. The number of rotatable bonds is 6. The lowest BCUT2D eigenvalue weighted by Gasteiger charge is -2.17. The number of primary amides is 1. The molecule has 0 radical (unpaired) electrons. The summed E-state index contributed by atoms with van der Waals surface area (Å²) >= 11 is 1.27. The van der Waals surface area contributed by atoms with Crippen LogP contribution < -0.4 is 16.4 Å². The zero-order valence-corrected chi connectivity index (χ0v) is 15.1. The summed E-state index contributed by atoms with van der Waals surface area (Å²) in [6, 6.07) is 1.60. The summed E-state index contributed by atoms with van der Waals surface area (Å²) in [6.07, 6.45) is 1.79. The third-order valence-electron chi connectivity index (χ3n) is 3.31. The van der Waals surface area contributed by atoms with Crippen LogP contribution in [0.25, 0.3) is 11.3 Å². The Kier molecular flexibility index (Phi) is 5.58. The lowest BCUT2D eigenvalue weighted by atomic mass is 9.96. The largest absolute Gasteiger partial charge is 0.364 e. The minimum atomic E-state index is -0.549. The minimum absolute atomic E-state index is 0.102. The van der Waals surface area contributed by atoms with Crippen LogP contribution in [0, 0.1) is 5.41 Å². The molecule has 25 heavy (non-hydrogen) atoms. The van der Waals surface area contributed by atoms with Crippen molar-refractivity contribution in [2.24, 2.45) is 11.1 Å². The summed E-state index contributed by atoms with van der Waals surface area (Å²) in [5.41, 5.74) is 6.35. The number of H-pyrrole nitrogens is 1. The second-order valence-corrected chi connectivity index (χ2v) is 7.37. The van der Waals surface area contributed by atoms with E-state index in [2.05, 4.69) is 20.6 Å². The van der Waals surface area contributed by atoms with Crippen molar-refractivity contribution >= 4 is 34.2 Å². The molecule has 0 aliphatic rings. The van der Waals surface area contributed by atoms with E-state index in [4.69, 9.17) is 5.73 Å². The molecule has 2 heterocycles. The van der Waals surface area contributed by atoms with Gasteiger partial charge in [-0.05, 0) is 6.07 Å².